The Morgan fingerprint density at radius 1 is 1.19 bits per heavy atom. The minimum atomic E-state index is 0.536. The quantitative estimate of drug-likeness (QED) is 0.620. The summed E-state index contributed by atoms with van der Waals surface area (Å²) in [4.78, 5) is 1.48. The molecule has 106 valence electrons. The lowest BCUT2D eigenvalue weighted by atomic mass is 9.87. The smallest absolute Gasteiger partial charge is 0.0533 e. The molecule has 0 amide bonds. The van der Waals surface area contributed by atoms with Crippen molar-refractivity contribution in [1.82, 2.24) is 0 Å². The van der Waals surface area contributed by atoms with Crippen molar-refractivity contribution >= 4 is 11.8 Å². The first-order valence-electron chi connectivity index (χ1n) is 7.68. The van der Waals surface area contributed by atoms with Gasteiger partial charge in [0.1, 0.15) is 0 Å². The second-order valence-electron chi connectivity index (χ2n) is 6.29. The third-order valence-corrected chi connectivity index (χ3v) is 6.24. The molecule has 0 aromatic rings. The van der Waals surface area contributed by atoms with Crippen LogP contribution in [0.15, 0.2) is 80.4 Å². The van der Waals surface area contributed by atoms with E-state index in [0.717, 1.165) is 12.8 Å². The molecule has 3 aliphatic carbocycles. The summed E-state index contributed by atoms with van der Waals surface area (Å²) in [5.74, 6) is 0. The van der Waals surface area contributed by atoms with E-state index in [9.17, 15) is 0 Å². The third-order valence-electron chi connectivity index (χ3n) is 4.94. The van der Waals surface area contributed by atoms with Crippen LogP contribution in [0.25, 0.3) is 0 Å². The van der Waals surface area contributed by atoms with Crippen molar-refractivity contribution < 1.29 is 0 Å². The Kier molecular flexibility index (Phi) is 3.00. The number of hydrogen-bond acceptors (Lipinski definition) is 1. The highest BCUT2D eigenvalue weighted by Gasteiger charge is 2.31. The van der Waals surface area contributed by atoms with Crippen molar-refractivity contribution in [2.45, 2.75) is 38.9 Å². The first-order chi connectivity index (χ1) is 10.1. The van der Waals surface area contributed by atoms with Gasteiger partial charge in [0, 0.05) is 0 Å². The zero-order valence-electron chi connectivity index (χ0n) is 12.9. The lowest BCUT2D eigenvalue weighted by Gasteiger charge is -2.20. The summed E-state index contributed by atoms with van der Waals surface area (Å²) >= 11 is 2.01. The van der Waals surface area contributed by atoms with Gasteiger partial charge in [-0.3, -0.25) is 0 Å². The number of rotatable bonds is 2. The fourth-order valence-corrected chi connectivity index (χ4v) is 4.83. The first-order valence-corrected chi connectivity index (χ1v) is 8.56. The van der Waals surface area contributed by atoms with Crippen LogP contribution in [-0.4, -0.2) is 5.25 Å². The Balaban J connectivity index is 1.67. The zero-order valence-corrected chi connectivity index (χ0v) is 13.7. The highest BCUT2D eigenvalue weighted by atomic mass is 32.2. The van der Waals surface area contributed by atoms with Crippen molar-refractivity contribution in [2.75, 3.05) is 0 Å². The number of allylic oxidation sites excluding steroid dienone is 12. The van der Waals surface area contributed by atoms with E-state index < -0.39 is 0 Å². The normalized spacial score (nSPS) is 26.7. The largest absolute Gasteiger partial charge is 0.118 e. The van der Waals surface area contributed by atoms with Gasteiger partial charge in [0.2, 0.25) is 0 Å². The second-order valence-corrected chi connectivity index (χ2v) is 7.65. The van der Waals surface area contributed by atoms with Gasteiger partial charge in [0.05, 0.1) is 5.25 Å². The van der Waals surface area contributed by atoms with Gasteiger partial charge >= 0.3 is 0 Å². The maximum Gasteiger partial charge on any atom is 0.0533 e. The standard InChI is InChI=1S/C20H20S/c1-12-8-16-10-18-13(2)14(3)21-20(18)11-19(16)17(12)9-15-6-4-5-7-15/h4-6,8,10-11,20H,7,9H2,1-3H3. The Hall–Kier alpha value is -1.47. The molecule has 0 saturated carbocycles. The number of hydrogen-bond donors (Lipinski definition) is 0. The fraction of sp³-hybridized carbons (Fsp3) is 0.300. The molecule has 4 aliphatic rings. The molecule has 1 aliphatic heterocycles. The molecule has 0 aromatic carbocycles. The minimum absolute atomic E-state index is 0.536. The highest BCUT2D eigenvalue weighted by Crippen LogP contribution is 2.49. The summed E-state index contributed by atoms with van der Waals surface area (Å²) in [6.45, 7) is 6.78. The maximum atomic E-state index is 2.50. The van der Waals surface area contributed by atoms with E-state index in [-0.39, 0.29) is 0 Å². The van der Waals surface area contributed by atoms with E-state index in [0.29, 0.717) is 5.25 Å². The van der Waals surface area contributed by atoms with Crippen molar-refractivity contribution in [3.63, 3.8) is 0 Å². The summed E-state index contributed by atoms with van der Waals surface area (Å²) in [5.41, 5.74) is 10.4. The molecule has 0 fully saturated rings. The molecular weight excluding hydrogens is 272 g/mol. The van der Waals surface area contributed by atoms with E-state index in [4.69, 9.17) is 0 Å². The predicted molar refractivity (Wildman–Crippen MR) is 93.2 cm³/mol. The first kappa shape index (κ1) is 13.2. The Morgan fingerprint density at radius 3 is 2.81 bits per heavy atom. The van der Waals surface area contributed by atoms with Gasteiger partial charge in [-0.25, -0.2) is 0 Å². The van der Waals surface area contributed by atoms with E-state index in [2.05, 4.69) is 57.2 Å². The third kappa shape index (κ3) is 2.06. The van der Waals surface area contributed by atoms with Crippen LogP contribution in [0.1, 0.15) is 33.6 Å². The number of fused-ring (bicyclic) bond motifs is 2. The Morgan fingerprint density at radius 2 is 2.05 bits per heavy atom. The number of thioether (sulfide) groups is 1. The molecule has 21 heavy (non-hydrogen) atoms. The highest BCUT2D eigenvalue weighted by molar-refractivity contribution is 8.04. The molecule has 0 aromatic heterocycles. The average molecular weight is 292 g/mol. The van der Waals surface area contributed by atoms with Crippen LogP contribution < -0.4 is 0 Å². The SMILES string of the molecule is CC1=C(CC2=CC=CC2)C2=CC3SC(C)=C(C)C3=CC2=C1. The van der Waals surface area contributed by atoms with Crippen LogP contribution in [0.3, 0.4) is 0 Å². The molecule has 4 rings (SSSR count). The lowest BCUT2D eigenvalue weighted by Crippen LogP contribution is -2.07. The van der Waals surface area contributed by atoms with Crippen LogP contribution in [0.2, 0.25) is 0 Å². The summed E-state index contributed by atoms with van der Waals surface area (Å²) in [7, 11) is 0. The van der Waals surface area contributed by atoms with Gasteiger partial charge in [0.25, 0.3) is 0 Å². The van der Waals surface area contributed by atoms with Crippen molar-refractivity contribution in [1.29, 1.82) is 0 Å². The summed E-state index contributed by atoms with van der Waals surface area (Å²) in [5, 5.41) is 0.536. The molecule has 0 N–H and O–H groups in total. The van der Waals surface area contributed by atoms with Gasteiger partial charge in [-0.05, 0) is 78.0 Å². The molecule has 1 heterocycles. The van der Waals surface area contributed by atoms with Gasteiger partial charge < -0.3 is 0 Å². The topological polar surface area (TPSA) is 0 Å². The predicted octanol–water partition coefficient (Wildman–Crippen LogP) is 5.80. The molecule has 0 saturated heterocycles. The van der Waals surface area contributed by atoms with E-state index in [1.54, 1.807) is 5.57 Å². The van der Waals surface area contributed by atoms with Crippen LogP contribution in [0.5, 0.6) is 0 Å². The summed E-state index contributed by atoms with van der Waals surface area (Å²) < 4.78 is 0. The molecule has 1 atom stereocenters. The van der Waals surface area contributed by atoms with Crippen LogP contribution in [0, 0.1) is 0 Å². The van der Waals surface area contributed by atoms with Crippen molar-refractivity contribution in [3.8, 4) is 0 Å². The molecule has 1 unspecified atom stereocenters. The van der Waals surface area contributed by atoms with Gasteiger partial charge in [0.15, 0.2) is 0 Å². The maximum absolute atomic E-state index is 2.50. The van der Waals surface area contributed by atoms with Crippen LogP contribution in [0.4, 0.5) is 0 Å². The fourth-order valence-electron chi connectivity index (χ4n) is 3.58. The van der Waals surface area contributed by atoms with Gasteiger partial charge in [-0.2, -0.15) is 0 Å². The summed E-state index contributed by atoms with van der Waals surface area (Å²) in [6.07, 6.45) is 16.3. The lowest BCUT2D eigenvalue weighted by molar-refractivity contribution is 1.06. The molecular formula is C20H20S. The molecule has 0 bridgehead atoms. The summed E-state index contributed by atoms with van der Waals surface area (Å²) in [6, 6.07) is 0. The van der Waals surface area contributed by atoms with Crippen LogP contribution in [-0.2, 0) is 0 Å². The molecule has 0 radical (unpaired) electrons. The van der Waals surface area contributed by atoms with Crippen LogP contribution >= 0.6 is 11.8 Å². The van der Waals surface area contributed by atoms with E-state index in [1.807, 2.05) is 11.8 Å². The molecule has 1 heteroatoms. The zero-order chi connectivity index (χ0) is 14.6. The molecule has 0 spiro atoms. The average Bonchev–Trinajstić information content (AvgIpc) is 3.13. The van der Waals surface area contributed by atoms with Crippen molar-refractivity contribution in [3.05, 3.63) is 80.4 Å². The van der Waals surface area contributed by atoms with Crippen molar-refractivity contribution in [2.24, 2.45) is 0 Å². The second kappa shape index (κ2) is 4.78. The Bertz CT molecular complexity index is 745. The van der Waals surface area contributed by atoms with Gasteiger partial charge in [-0.1, -0.05) is 36.0 Å². The Labute approximate surface area is 131 Å². The van der Waals surface area contributed by atoms with Gasteiger partial charge in [-0.15, -0.1) is 11.8 Å². The monoisotopic (exact) mass is 292 g/mol. The molecule has 0 nitrogen and oxygen atoms in total. The van der Waals surface area contributed by atoms with E-state index >= 15 is 0 Å². The van der Waals surface area contributed by atoms with E-state index in [1.165, 1.54) is 38.3 Å². The minimum Gasteiger partial charge on any atom is -0.118 e.